The van der Waals surface area contributed by atoms with E-state index in [4.69, 9.17) is 27.9 Å². The van der Waals surface area contributed by atoms with Gasteiger partial charge >= 0.3 is 5.69 Å². The first-order chi connectivity index (χ1) is 15.8. The van der Waals surface area contributed by atoms with Crippen molar-refractivity contribution >= 4 is 34.1 Å². The van der Waals surface area contributed by atoms with Gasteiger partial charge in [-0.05, 0) is 46.5 Å². The number of hydrogen-bond donors (Lipinski definition) is 1. The summed E-state index contributed by atoms with van der Waals surface area (Å²) in [4.78, 5) is 17.9. The molecule has 0 saturated heterocycles. The molecule has 0 atom stereocenters. The first-order valence-corrected chi connectivity index (χ1v) is 11.3. The number of halogens is 2. The Morgan fingerprint density at radius 2 is 1.79 bits per heavy atom. The van der Waals surface area contributed by atoms with Crippen molar-refractivity contribution in [1.29, 1.82) is 5.26 Å². The Morgan fingerprint density at radius 1 is 1.06 bits per heavy atom. The van der Waals surface area contributed by atoms with Crippen LogP contribution in [-0.2, 0) is 5.41 Å². The van der Waals surface area contributed by atoms with Gasteiger partial charge in [0, 0.05) is 17.0 Å². The van der Waals surface area contributed by atoms with E-state index in [0.717, 1.165) is 33.2 Å². The van der Waals surface area contributed by atoms with E-state index >= 15 is 0 Å². The van der Waals surface area contributed by atoms with Gasteiger partial charge < -0.3 is 9.72 Å². The summed E-state index contributed by atoms with van der Waals surface area (Å²) in [6, 6.07) is 19.9. The van der Waals surface area contributed by atoms with Crippen molar-refractivity contribution in [2.75, 3.05) is 12.5 Å². The highest BCUT2D eigenvalue weighted by atomic mass is 35.5. The Kier molecular flexibility index (Phi) is 6.42. The second-order valence-corrected chi connectivity index (χ2v) is 8.96. The number of fused-ring (bicyclic) bond motifs is 1. The molecule has 0 amide bonds. The number of alkyl halides is 1. The second kappa shape index (κ2) is 9.27. The normalized spacial score (nSPS) is 11.4. The Balaban J connectivity index is 1.67. The standard InChI is InChI=1S/C26H21Cl2N3O2/c1-26(2,21-12-18(14-29)24(22(28)13-21)33-10-9-27)20-6-3-16(4-7-20)17-5-8-23-19(11-17)15-30-25(32)31-23/h3-8,11-13,15H,9-10H2,1-2H3,(H,30,31,32). The molecule has 5 nitrogen and oxygen atoms in total. The largest absolute Gasteiger partial charge is 0.489 e. The fraction of sp³-hybridized carbons (Fsp3) is 0.192. The van der Waals surface area contributed by atoms with Crippen molar-refractivity contribution < 1.29 is 4.74 Å². The lowest BCUT2D eigenvalue weighted by Crippen LogP contribution is -2.19. The summed E-state index contributed by atoms with van der Waals surface area (Å²) in [5.74, 6) is 0.675. The lowest BCUT2D eigenvalue weighted by atomic mass is 9.77. The van der Waals surface area contributed by atoms with Gasteiger partial charge in [-0.2, -0.15) is 5.26 Å². The van der Waals surface area contributed by atoms with Gasteiger partial charge in [-0.25, -0.2) is 9.78 Å². The Hall–Kier alpha value is -3.33. The fourth-order valence-corrected chi connectivity index (χ4v) is 4.16. The van der Waals surface area contributed by atoms with Crippen LogP contribution >= 0.6 is 23.2 Å². The quantitative estimate of drug-likeness (QED) is 0.342. The van der Waals surface area contributed by atoms with Crippen LogP contribution < -0.4 is 10.4 Å². The van der Waals surface area contributed by atoms with Gasteiger partial charge in [0.2, 0.25) is 0 Å². The van der Waals surface area contributed by atoms with Crippen molar-refractivity contribution in [2.24, 2.45) is 0 Å². The molecule has 0 aliphatic carbocycles. The first-order valence-electron chi connectivity index (χ1n) is 10.4. The average molecular weight is 478 g/mol. The van der Waals surface area contributed by atoms with Crippen LogP contribution in [0, 0.1) is 11.3 Å². The summed E-state index contributed by atoms with van der Waals surface area (Å²) >= 11 is 12.2. The van der Waals surface area contributed by atoms with Gasteiger partial charge in [0.15, 0.2) is 5.75 Å². The van der Waals surface area contributed by atoms with Crippen molar-refractivity contribution in [3.05, 3.63) is 93.0 Å². The third kappa shape index (κ3) is 4.59. The van der Waals surface area contributed by atoms with E-state index in [1.165, 1.54) is 0 Å². The Labute approximate surface area is 201 Å². The molecule has 3 aromatic carbocycles. The smallest absolute Gasteiger partial charge is 0.345 e. The minimum Gasteiger partial charge on any atom is -0.489 e. The molecule has 0 aliphatic heterocycles. The van der Waals surface area contributed by atoms with E-state index in [0.29, 0.717) is 22.2 Å². The second-order valence-electron chi connectivity index (χ2n) is 8.18. The van der Waals surface area contributed by atoms with E-state index in [1.54, 1.807) is 6.20 Å². The van der Waals surface area contributed by atoms with Gasteiger partial charge in [-0.15, -0.1) is 11.6 Å². The molecule has 0 spiro atoms. The van der Waals surface area contributed by atoms with Gasteiger partial charge in [0.05, 0.1) is 22.0 Å². The third-order valence-corrected chi connectivity index (χ3v) is 6.20. The fourth-order valence-electron chi connectivity index (χ4n) is 3.81. The van der Waals surface area contributed by atoms with Crippen LogP contribution in [0.15, 0.2) is 65.6 Å². The number of nitrogens with zero attached hydrogens (tertiary/aromatic N) is 2. The molecule has 0 unspecified atom stereocenters. The van der Waals surface area contributed by atoms with E-state index in [1.807, 2.05) is 30.3 Å². The molecule has 0 aliphatic rings. The maximum Gasteiger partial charge on any atom is 0.345 e. The summed E-state index contributed by atoms with van der Waals surface area (Å²) in [7, 11) is 0. The number of nitrogens with one attached hydrogen (secondary N) is 1. The van der Waals surface area contributed by atoms with Crippen LogP contribution in [0.4, 0.5) is 0 Å². The molecule has 0 fully saturated rings. The zero-order valence-electron chi connectivity index (χ0n) is 18.2. The number of benzene rings is 3. The predicted molar refractivity (Wildman–Crippen MR) is 132 cm³/mol. The topological polar surface area (TPSA) is 78.8 Å². The number of rotatable bonds is 6. The van der Waals surface area contributed by atoms with Crippen LogP contribution in [0.1, 0.15) is 30.5 Å². The molecule has 0 radical (unpaired) electrons. The molecule has 1 N–H and O–H groups in total. The molecule has 0 saturated carbocycles. The predicted octanol–water partition coefficient (Wildman–Crippen LogP) is 6.06. The highest BCUT2D eigenvalue weighted by Gasteiger charge is 2.26. The molecular formula is C26H21Cl2N3O2. The average Bonchev–Trinajstić information content (AvgIpc) is 2.82. The number of nitriles is 1. The lowest BCUT2D eigenvalue weighted by Gasteiger charge is -2.27. The zero-order chi connectivity index (χ0) is 23.6. The summed E-state index contributed by atoms with van der Waals surface area (Å²) in [5, 5.41) is 10.9. The highest BCUT2D eigenvalue weighted by Crippen LogP contribution is 2.38. The Bertz CT molecular complexity index is 1420. The molecule has 0 bridgehead atoms. The number of hydrogen-bond acceptors (Lipinski definition) is 4. The van der Waals surface area contributed by atoms with Crippen LogP contribution in [-0.4, -0.2) is 22.5 Å². The lowest BCUT2D eigenvalue weighted by molar-refractivity contribution is 0.341. The summed E-state index contributed by atoms with van der Waals surface area (Å²) in [6.45, 7) is 4.46. The van der Waals surface area contributed by atoms with Crippen LogP contribution in [0.3, 0.4) is 0 Å². The number of aromatic nitrogens is 2. The number of ether oxygens (including phenoxy) is 1. The molecule has 166 valence electrons. The van der Waals surface area contributed by atoms with Gasteiger partial charge in [0.1, 0.15) is 12.7 Å². The zero-order valence-corrected chi connectivity index (χ0v) is 19.7. The van der Waals surface area contributed by atoms with Crippen LogP contribution in [0.5, 0.6) is 5.75 Å². The molecule has 33 heavy (non-hydrogen) atoms. The van der Waals surface area contributed by atoms with Crippen LogP contribution in [0.2, 0.25) is 5.02 Å². The minimum absolute atomic E-state index is 0.279. The van der Waals surface area contributed by atoms with Gasteiger partial charge in [-0.1, -0.05) is 55.8 Å². The van der Waals surface area contributed by atoms with Crippen molar-refractivity contribution in [1.82, 2.24) is 9.97 Å². The van der Waals surface area contributed by atoms with Gasteiger partial charge in [-0.3, -0.25) is 0 Å². The summed E-state index contributed by atoms with van der Waals surface area (Å²) < 4.78 is 5.57. The molecule has 4 rings (SSSR count). The van der Waals surface area contributed by atoms with Crippen molar-refractivity contribution in [2.45, 2.75) is 19.3 Å². The molecule has 4 aromatic rings. The maximum absolute atomic E-state index is 11.4. The summed E-state index contributed by atoms with van der Waals surface area (Å²) in [6.07, 6.45) is 1.58. The number of aromatic amines is 1. The minimum atomic E-state index is -0.397. The van der Waals surface area contributed by atoms with Crippen molar-refractivity contribution in [3.63, 3.8) is 0 Å². The molecule has 7 heteroatoms. The van der Waals surface area contributed by atoms with E-state index in [2.05, 4.69) is 54.2 Å². The van der Waals surface area contributed by atoms with Gasteiger partial charge in [0.25, 0.3) is 0 Å². The van der Waals surface area contributed by atoms with E-state index in [9.17, 15) is 10.1 Å². The van der Waals surface area contributed by atoms with Crippen LogP contribution in [0.25, 0.3) is 22.0 Å². The molecule has 1 aromatic heterocycles. The number of H-pyrrole nitrogens is 1. The molecule has 1 heterocycles. The monoisotopic (exact) mass is 477 g/mol. The molecular weight excluding hydrogens is 457 g/mol. The van der Waals surface area contributed by atoms with E-state index in [-0.39, 0.29) is 12.3 Å². The van der Waals surface area contributed by atoms with E-state index < -0.39 is 5.41 Å². The SMILES string of the molecule is CC(C)(c1ccc(-c2ccc3[nH]c(=O)ncc3c2)cc1)c1cc(Cl)c(OCCCl)c(C#N)c1. The highest BCUT2D eigenvalue weighted by molar-refractivity contribution is 6.32. The van der Waals surface area contributed by atoms with Crippen molar-refractivity contribution in [3.8, 4) is 22.9 Å². The Morgan fingerprint density at radius 3 is 2.48 bits per heavy atom. The maximum atomic E-state index is 11.4. The summed E-state index contributed by atoms with van der Waals surface area (Å²) in [5.41, 5.74) is 4.43. The first kappa shape index (κ1) is 22.8. The third-order valence-electron chi connectivity index (χ3n) is 5.76.